The van der Waals surface area contributed by atoms with E-state index in [-0.39, 0.29) is 12.5 Å². The maximum atomic E-state index is 10.1. The summed E-state index contributed by atoms with van der Waals surface area (Å²) >= 11 is 0. The number of aromatic nitrogens is 1. The fourth-order valence-corrected chi connectivity index (χ4v) is 4.73. The van der Waals surface area contributed by atoms with Crippen LogP contribution in [0.3, 0.4) is 0 Å². The number of hydrogen-bond acceptors (Lipinski definition) is 2. The summed E-state index contributed by atoms with van der Waals surface area (Å²) in [5.74, 6) is 0.704. The molecule has 2 aliphatic rings. The first-order chi connectivity index (χ1) is 10.7. The van der Waals surface area contributed by atoms with E-state index in [0.29, 0.717) is 12.1 Å². The number of para-hydroxylation sites is 1. The summed E-state index contributed by atoms with van der Waals surface area (Å²) in [6, 6.07) is 8.67. The lowest BCUT2D eigenvalue weighted by atomic mass is 9.75. The quantitative estimate of drug-likeness (QED) is 0.817. The van der Waals surface area contributed by atoms with Crippen LogP contribution in [-0.4, -0.2) is 34.8 Å². The molecule has 116 valence electrons. The molecule has 0 aliphatic carbocycles. The van der Waals surface area contributed by atoms with Gasteiger partial charge in [0.2, 0.25) is 0 Å². The van der Waals surface area contributed by atoms with E-state index in [1.54, 1.807) is 0 Å². The standard InChI is InChI=1S/C19H24N2O/c1-4-13-10-20(3)18-9-15(13)16(11-22)19-12(2)14-7-5-6-8-17(14)21(18)19/h4-8,15-16,18,22H,9-11H2,1-3H3/b13-4-/t15-,16-,18+/m0/s1. The van der Waals surface area contributed by atoms with Crippen molar-refractivity contribution < 1.29 is 5.11 Å². The molecule has 1 aromatic carbocycles. The molecular weight excluding hydrogens is 272 g/mol. The van der Waals surface area contributed by atoms with Crippen LogP contribution in [0.2, 0.25) is 0 Å². The van der Waals surface area contributed by atoms with Crippen molar-refractivity contribution >= 4 is 10.9 Å². The summed E-state index contributed by atoms with van der Waals surface area (Å²) in [4.78, 5) is 2.45. The SMILES string of the molecule is C/C=C1/CN(C)[C@H]2C[C@@H]1[C@H](CO)c1c(C)c3ccccc3n12. The Morgan fingerprint density at radius 2 is 2.09 bits per heavy atom. The van der Waals surface area contributed by atoms with Gasteiger partial charge in [-0.15, -0.1) is 0 Å². The summed E-state index contributed by atoms with van der Waals surface area (Å²) in [6.07, 6.45) is 3.77. The topological polar surface area (TPSA) is 28.4 Å². The molecule has 1 N–H and O–H groups in total. The van der Waals surface area contributed by atoms with E-state index in [0.717, 1.165) is 13.0 Å². The average Bonchev–Trinajstić information content (AvgIpc) is 2.84. The summed E-state index contributed by atoms with van der Waals surface area (Å²) in [5.41, 5.74) is 5.48. The molecule has 0 radical (unpaired) electrons. The molecule has 0 saturated carbocycles. The molecule has 0 spiro atoms. The minimum absolute atomic E-state index is 0.226. The van der Waals surface area contributed by atoms with Crippen molar-refractivity contribution in [1.82, 2.24) is 9.47 Å². The fraction of sp³-hybridized carbons (Fsp3) is 0.474. The highest BCUT2D eigenvalue weighted by Gasteiger charge is 2.43. The van der Waals surface area contributed by atoms with Crippen LogP contribution in [-0.2, 0) is 0 Å². The van der Waals surface area contributed by atoms with Crippen molar-refractivity contribution in [3.05, 3.63) is 47.2 Å². The number of rotatable bonds is 1. The lowest BCUT2D eigenvalue weighted by molar-refractivity contribution is 0.0765. The Kier molecular flexibility index (Phi) is 3.17. The number of likely N-dealkylation sites (N-methyl/N-ethyl adjacent to an activating group) is 1. The van der Waals surface area contributed by atoms with E-state index in [1.807, 2.05) is 0 Å². The molecule has 22 heavy (non-hydrogen) atoms. The number of aryl methyl sites for hydroxylation is 1. The first kappa shape index (κ1) is 14.0. The van der Waals surface area contributed by atoms with Crippen LogP contribution < -0.4 is 0 Å². The number of aliphatic hydroxyl groups excluding tert-OH is 1. The molecule has 2 aromatic rings. The molecule has 1 aromatic heterocycles. The molecule has 3 heterocycles. The van der Waals surface area contributed by atoms with Crippen molar-refractivity contribution in [3.8, 4) is 0 Å². The largest absolute Gasteiger partial charge is 0.396 e. The number of hydrogen-bond donors (Lipinski definition) is 1. The van der Waals surface area contributed by atoms with Gasteiger partial charge in [-0.1, -0.05) is 29.8 Å². The lowest BCUT2D eigenvalue weighted by Crippen LogP contribution is -2.45. The van der Waals surface area contributed by atoms with Crippen LogP contribution >= 0.6 is 0 Å². The third-order valence-electron chi connectivity index (χ3n) is 5.80. The van der Waals surface area contributed by atoms with Crippen molar-refractivity contribution in [2.45, 2.75) is 32.4 Å². The number of piperidine rings is 1. The van der Waals surface area contributed by atoms with Gasteiger partial charge in [0.15, 0.2) is 0 Å². The number of aliphatic hydroxyl groups is 1. The number of likely N-dealkylation sites (tertiary alicyclic amines) is 1. The maximum Gasteiger partial charge on any atom is 0.0873 e. The van der Waals surface area contributed by atoms with Crippen LogP contribution in [0.5, 0.6) is 0 Å². The van der Waals surface area contributed by atoms with Crippen molar-refractivity contribution in [2.24, 2.45) is 5.92 Å². The second-order valence-corrected chi connectivity index (χ2v) is 6.79. The third-order valence-corrected chi connectivity index (χ3v) is 5.80. The number of benzene rings is 1. The van der Waals surface area contributed by atoms with Gasteiger partial charge in [-0.05, 0) is 44.9 Å². The van der Waals surface area contributed by atoms with Crippen LogP contribution in [0.25, 0.3) is 10.9 Å². The smallest absolute Gasteiger partial charge is 0.0873 e. The Bertz CT molecular complexity index is 758. The molecule has 2 aliphatic heterocycles. The van der Waals surface area contributed by atoms with Gasteiger partial charge in [-0.3, -0.25) is 4.90 Å². The van der Waals surface area contributed by atoms with Crippen LogP contribution in [0, 0.1) is 12.8 Å². The molecule has 3 heteroatoms. The van der Waals surface area contributed by atoms with E-state index in [2.05, 4.69) is 60.7 Å². The molecule has 3 atom stereocenters. The summed E-state index contributed by atoms with van der Waals surface area (Å²) in [7, 11) is 2.22. The Balaban J connectivity index is 2.03. The monoisotopic (exact) mass is 296 g/mol. The summed E-state index contributed by atoms with van der Waals surface area (Å²) < 4.78 is 2.49. The molecule has 3 nitrogen and oxygen atoms in total. The van der Waals surface area contributed by atoms with E-state index in [1.165, 1.54) is 27.7 Å². The van der Waals surface area contributed by atoms with E-state index in [9.17, 15) is 5.11 Å². The van der Waals surface area contributed by atoms with Gasteiger partial charge in [-0.25, -0.2) is 0 Å². The first-order valence-corrected chi connectivity index (χ1v) is 8.23. The van der Waals surface area contributed by atoms with E-state index >= 15 is 0 Å². The zero-order valence-electron chi connectivity index (χ0n) is 13.6. The highest BCUT2D eigenvalue weighted by Crippen LogP contribution is 2.50. The number of nitrogens with zero attached hydrogens (tertiary/aromatic N) is 2. The average molecular weight is 296 g/mol. The second kappa shape index (κ2) is 4.97. The molecule has 0 unspecified atom stereocenters. The van der Waals surface area contributed by atoms with Crippen molar-refractivity contribution in [2.75, 3.05) is 20.2 Å². The van der Waals surface area contributed by atoms with Gasteiger partial charge >= 0.3 is 0 Å². The molecular formula is C19H24N2O. The number of fused-ring (bicyclic) bond motifs is 6. The Morgan fingerprint density at radius 1 is 1.32 bits per heavy atom. The molecule has 1 saturated heterocycles. The Hall–Kier alpha value is -1.58. The van der Waals surface area contributed by atoms with E-state index < -0.39 is 0 Å². The summed E-state index contributed by atoms with van der Waals surface area (Å²) in [5, 5.41) is 11.5. The van der Waals surface area contributed by atoms with Gasteiger partial charge < -0.3 is 9.67 Å². The molecule has 4 rings (SSSR count). The normalized spacial score (nSPS) is 30.0. The zero-order valence-corrected chi connectivity index (χ0v) is 13.6. The fourth-order valence-electron chi connectivity index (χ4n) is 4.73. The third kappa shape index (κ3) is 1.70. The second-order valence-electron chi connectivity index (χ2n) is 6.79. The summed E-state index contributed by atoms with van der Waals surface area (Å²) in [6.45, 7) is 5.59. The van der Waals surface area contributed by atoms with Crippen LogP contribution in [0.4, 0.5) is 0 Å². The highest BCUT2D eigenvalue weighted by atomic mass is 16.3. The van der Waals surface area contributed by atoms with Gasteiger partial charge in [0.25, 0.3) is 0 Å². The minimum Gasteiger partial charge on any atom is -0.396 e. The highest BCUT2D eigenvalue weighted by molar-refractivity contribution is 5.86. The van der Waals surface area contributed by atoms with Crippen molar-refractivity contribution in [1.29, 1.82) is 0 Å². The predicted molar refractivity (Wildman–Crippen MR) is 90.0 cm³/mol. The van der Waals surface area contributed by atoms with E-state index in [4.69, 9.17) is 0 Å². The van der Waals surface area contributed by atoms with Gasteiger partial charge in [0, 0.05) is 29.1 Å². The van der Waals surface area contributed by atoms with Crippen molar-refractivity contribution in [3.63, 3.8) is 0 Å². The van der Waals surface area contributed by atoms with Gasteiger partial charge in [0.05, 0.1) is 12.8 Å². The Morgan fingerprint density at radius 3 is 2.82 bits per heavy atom. The maximum absolute atomic E-state index is 10.1. The molecule has 0 amide bonds. The van der Waals surface area contributed by atoms with Crippen LogP contribution in [0.1, 0.15) is 36.7 Å². The first-order valence-electron chi connectivity index (χ1n) is 8.23. The molecule has 2 bridgehead atoms. The van der Waals surface area contributed by atoms with Gasteiger partial charge in [-0.2, -0.15) is 0 Å². The minimum atomic E-state index is 0.226. The predicted octanol–water partition coefficient (Wildman–Crippen LogP) is 3.44. The molecule has 1 fully saturated rings. The number of allylic oxidation sites excluding steroid dienone is 1. The Labute approximate surface area is 131 Å². The lowest BCUT2D eigenvalue weighted by Gasteiger charge is -2.48. The van der Waals surface area contributed by atoms with Crippen LogP contribution in [0.15, 0.2) is 35.9 Å². The zero-order chi connectivity index (χ0) is 15.4. The van der Waals surface area contributed by atoms with Gasteiger partial charge in [0.1, 0.15) is 0 Å².